The zero-order chi connectivity index (χ0) is 19.8. The Kier molecular flexibility index (Phi) is 5.04. The number of hydrogen-bond acceptors (Lipinski definition) is 3. The number of para-hydroxylation sites is 1. The molecule has 0 radical (unpaired) electrons. The topological polar surface area (TPSA) is 53.8 Å². The second kappa shape index (κ2) is 7.49. The molecule has 0 bridgehead atoms. The van der Waals surface area contributed by atoms with E-state index >= 15 is 0 Å². The fraction of sp³-hybridized carbons (Fsp3) is 0.238. The fourth-order valence-corrected chi connectivity index (χ4v) is 3.88. The SMILES string of the molecule is Cc1c(C(=O)N2CCN(C(=O)c3cccc(Cl)c3)CC2)oc2c(Cl)cccc12. The van der Waals surface area contributed by atoms with Crippen LogP contribution in [-0.4, -0.2) is 47.8 Å². The summed E-state index contributed by atoms with van der Waals surface area (Å²) in [6, 6.07) is 12.3. The summed E-state index contributed by atoms with van der Waals surface area (Å²) in [5.41, 5.74) is 1.86. The number of nitrogens with zero attached hydrogens (tertiary/aromatic N) is 2. The van der Waals surface area contributed by atoms with Crippen molar-refractivity contribution in [3.63, 3.8) is 0 Å². The first-order chi connectivity index (χ1) is 13.5. The van der Waals surface area contributed by atoms with Gasteiger partial charge in [0.05, 0.1) is 5.02 Å². The van der Waals surface area contributed by atoms with Gasteiger partial charge >= 0.3 is 0 Å². The second-order valence-electron chi connectivity index (χ2n) is 6.77. The van der Waals surface area contributed by atoms with E-state index in [-0.39, 0.29) is 11.8 Å². The number of rotatable bonds is 2. The summed E-state index contributed by atoms with van der Waals surface area (Å²) in [6.07, 6.45) is 0. The van der Waals surface area contributed by atoms with Gasteiger partial charge in [0.25, 0.3) is 11.8 Å². The summed E-state index contributed by atoms with van der Waals surface area (Å²) in [4.78, 5) is 29.0. The molecule has 28 heavy (non-hydrogen) atoms. The Labute approximate surface area is 172 Å². The Balaban J connectivity index is 1.48. The molecule has 7 heteroatoms. The van der Waals surface area contributed by atoms with Gasteiger partial charge in [-0.15, -0.1) is 0 Å². The van der Waals surface area contributed by atoms with Gasteiger partial charge in [0, 0.05) is 47.7 Å². The zero-order valence-electron chi connectivity index (χ0n) is 15.2. The highest BCUT2D eigenvalue weighted by atomic mass is 35.5. The highest BCUT2D eigenvalue weighted by Crippen LogP contribution is 2.31. The first-order valence-corrected chi connectivity index (χ1v) is 9.73. The molecule has 0 saturated carbocycles. The number of carbonyl (C=O) groups is 2. The standard InChI is InChI=1S/C21H18Cl2N2O3/c1-13-16-6-3-7-17(23)19(16)28-18(13)21(27)25-10-8-24(9-11-25)20(26)14-4-2-5-15(22)12-14/h2-7,12H,8-11H2,1H3. The molecule has 5 nitrogen and oxygen atoms in total. The van der Waals surface area contributed by atoms with Crippen LogP contribution in [0.5, 0.6) is 0 Å². The van der Waals surface area contributed by atoms with Gasteiger partial charge in [-0.05, 0) is 31.2 Å². The summed E-state index contributed by atoms with van der Waals surface area (Å²) in [6.45, 7) is 3.65. The molecule has 3 aromatic rings. The third kappa shape index (κ3) is 3.36. The Morgan fingerprint density at radius 1 is 0.929 bits per heavy atom. The molecule has 0 atom stereocenters. The maximum absolute atomic E-state index is 13.0. The van der Waals surface area contributed by atoms with Crippen molar-refractivity contribution in [2.45, 2.75) is 6.92 Å². The average Bonchev–Trinajstić information content (AvgIpc) is 3.05. The molecular formula is C21H18Cl2N2O3. The first kappa shape index (κ1) is 18.8. The number of aryl methyl sites for hydroxylation is 1. The molecule has 2 heterocycles. The lowest BCUT2D eigenvalue weighted by atomic mass is 10.1. The van der Waals surface area contributed by atoms with E-state index in [1.807, 2.05) is 19.1 Å². The minimum atomic E-state index is -0.181. The molecule has 0 aliphatic carbocycles. The third-order valence-electron chi connectivity index (χ3n) is 5.04. The quantitative estimate of drug-likeness (QED) is 0.610. The van der Waals surface area contributed by atoms with E-state index in [1.165, 1.54) is 0 Å². The summed E-state index contributed by atoms with van der Waals surface area (Å²) in [5.74, 6) is 0.0404. The Morgan fingerprint density at radius 2 is 1.57 bits per heavy atom. The molecule has 0 unspecified atom stereocenters. The van der Waals surface area contributed by atoms with Crippen LogP contribution in [0.25, 0.3) is 11.0 Å². The summed E-state index contributed by atoms with van der Waals surface area (Å²) >= 11 is 12.2. The van der Waals surface area contributed by atoms with E-state index in [2.05, 4.69) is 0 Å². The molecule has 1 fully saturated rings. The maximum Gasteiger partial charge on any atom is 0.290 e. The van der Waals surface area contributed by atoms with Gasteiger partial charge in [-0.25, -0.2) is 0 Å². The van der Waals surface area contributed by atoms with E-state index in [0.717, 1.165) is 10.9 Å². The van der Waals surface area contributed by atoms with Crippen molar-refractivity contribution >= 4 is 46.0 Å². The van der Waals surface area contributed by atoms with Crippen molar-refractivity contribution in [2.24, 2.45) is 0 Å². The fourth-order valence-electron chi connectivity index (χ4n) is 3.47. The van der Waals surface area contributed by atoms with Gasteiger partial charge in [0.2, 0.25) is 0 Å². The van der Waals surface area contributed by atoms with Crippen LogP contribution in [0.1, 0.15) is 26.5 Å². The third-order valence-corrected chi connectivity index (χ3v) is 5.57. The molecule has 1 aliphatic rings. The van der Waals surface area contributed by atoms with E-state index in [1.54, 1.807) is 40.1 Å². The number of carbonyl (C=O) groups excluding carboxylic acids is 2. The van der Waals surface area contributed by atoms with Crippen LogP contribution in [0.2, 0.25) is 10.0 Å². The molecule has 2 aromatic carbocycles. The normalized spacial score (nSPS) is 14.5. The lowest BCUT2D eigenvalue weighted by molar-refractivity contribution is 0.0519. The number of hydrogen-bond donors (Lipinski definition) is 0. The van der Waals surface area contributed by atoms with Gasteiger partial charge in [-0.2, -0.15) is 0 Å². The van der Waals surface area contributed by atoms with Crippen LogP contribution >= 0.6 is 23.2 Å². The minimum Gasteiger partial charge on any atom is -0.449 e. The molecule has 1 aromatic heterocycles. The summed E-state index contributed by atoms with van der Waals surface area (Å²) in [5, 5.41) is 1.85. The number of fused-ring (bicyclic) bond motifs is 1. The van der Waals surface area contributed by atoms with Gasteiger partial charge in [0.15, 0.2) is 11.3 Å². The van der Waals surface area contributed by atoms with Crippen LogP contribution in [-0.2, 0) is 0 Å². The minimum absolute atomic E-state index is 0.0821. The number of benzene rings is 2. The van der Waals surface area contributed by atoms with Crippen molar-refractivity contribution in [1.29, 1.82) is 0 Å². The maximum atomic E-state index is 13.0. The number of amides is 2. The largest absolute Gasteiger partial charge is 0.449 e. The van der Waals surface area contributed by atoms with Gasteiger partial charge in [0.1, 0.15) is 0 Å². The monoisotopic (exact) mass is 416 g/mol. The van der Waals surface area contributed by atoms with Crippen LogP contribution in [0.4, 0.5) is 0 Å². The van der Waals surface area contributed by atoms with E-state index in [4.69, 9.17) is 27.6 Å². The summed E-state index contributed by atoms with van der Waals surface area (Å²) < 4.78 is 5.78. The van der Waals surface area contributed by atoms with Gasteiger partial charge in [-0.1, -0.05) is 41.4 Å². The number of piperazine rings is 1. The Hall–Kier alpha value is -2.50. The molecule has 0 N–H and O–H groups in total. The lowest BCUT2D eigenvalue weighted by Gasteiger charge is -2.34. The highest BCUT2D eigenvalue weighted by Gasteiger charge is 2.29. The predicted molar refractivity (Wildman–Crippen MR) is 109 cm³/mol. The molecule has 0 spiro atoms. The smallest absolute Gasteiger partial charge is 0.290 e. The lowest BCUT2D eigenvalue weighted by Crippen LogP contribution is -2.50. The zero-order valence-corrected chi connectivity index (χ0v) is 16.8. The number of halogens is 2. The Morgan fingerprint density at radius 3 is 2.21 bits per heavy atom. The van der Waals surface area contributed by atoms with E-state index in [9.17, 15) is 9.59 Å². The highest BCUT2D eigenvalue weighted by molar-refractivity contribution is 6.35. The summed E-state index contributed by atoms with van der Waals surface area (Å²) in [7, 11) is 0. The molecule has 2 amide bonds. The van der Waals surface area contributed by atoms with Crippen molar-refractivity contribution in [2.75, 3.05) is 26.2 Å². The van der Waals surface area contributed by atoms with E-state index < -0.39 is 0 Å². The molecular weight excluding hydrogens is 399 g/mol. The van der Waals surface area contributed by atoms with Crippen molar-refractivity contribution in [3.8, 4) is 0 Å². The Bertz CT molecular complexity index is 1070. The first-order valence-electron chi connectivity index (χ1n) is 8.97. The van der Waals surface area contributed by atoms with Crippen LogP contribution < -0.4 is 0 Å². The van der Waals surface area contributed by atoms with E-state index in [0.29, 0.717) is 53.1 Å². The van der Waals surface area contributed by atoms with Crippen LogP contribution in [0.3, 0.4) is 0 Å². The van der Waals surface area contributed by atoms with Crippen LogP contribution in [0.15, 0.2) is 46.9 Å². The number of furan rings is 1. The second-order valence-corrected chi connectivity index (χ2v) is 7.61. The van der Waals surface area contributed by atoms with Crippen molar-refractivity contribution in [1.82, 2.24) is 9.80 Å². The predicted octanol–water partition coefficient (Wildman–Crippen LogP) is 4.65. The molecule has 144 valence electrons. The van der Waals surface area contributed by atoms with Gasteiger partial charge in [-0.3, -0.25) is 9.59 Å². The molecule has 1 saturated heterocycles. The average molecular weight is 417 g/mol. The molecule has 1 aliphatic heterocycles. The van der Waals surface area contributed by atoms with Crippen LogP contribution in [0, 0.1) is 6.92 Å². The molecule has 4 rings (SSSR count). The van der Waals surface area contributed by atoms with Crippen molar-refractivity contribution < 1.29 is 14.0 Å². The van der Waals surface area contributed by atoms with Gasteiger partial charge < -0.3 is 14.2 Å². The van der Waals surface area contributed by atoms with Crippen molar-refractivity contribution in [3.05, 3.63) is 69.4 Å².